The monoisotopic (exact) mass is 427 g/mol. The predicted molar refractivity (Wildman–Crippen MR) is 109 cm³/mol. The molecule has 1 aliphatic rings. The van der Waals surface area contributed by atoms with Gasteiger partial charge in [-0.15, -0.1) is 0 Å². The van der Waals surface area contributed by atoms with Crippen LogP contribution in [-0.4, -0.2) is 17.4 Å². The molecule has 0 fully saturated rings. The third-order valence-electron chi connectivity index (χ3n) is 5.25. The van der Waals surface area contributed by atoms with Crippen molar-refractivity contribution in [2.45, 2.75) is 46.5 Å². The van der Waals surface area contributed by atoms with E-state index in [2.05, 4.69) is 27.0 Å². The average molecular weight is 428 g/mol. The molecule has 2 heterocycles. The van der Waals surface area contributed by atoms with Crippen molar-refractivity contribution in [2.75, 3.05) is 11.4 Å². The van der Waals surface area contributed by atoms with Gasteiger partial charge < -0.3 is 9.88 Å². The van der Waals surface area contributed by atoms with Crippen molar-refractivity contribution in [1.82, 2.24) is 4.98 Å². The predicted octanol–water partition coefficient (Wildman–Crippen LogP) is 3.85. The van der Waals surface area contributed by atoms with Crippen LogP contribution < -0.4 is 10.5 Å². The van der Waals surface area contributed by atoms with E-state index in [1.54, 1.807) is 6.92 Å². The molecule has 2 aromatic rings. The fourth-order valence-corrected chi connectivity index (χ4v) is 4.58. The highest BCUT2D eigenvalue weighted by molar-refractivity contribution is 9.10. The normalized spacial score (nSPS) is 13.2. The summed E-state index contributed by atoms with van der Waals surface area (Å²) < 4.78 is 1.04. The Morgan fingerprint density at radius 3 is 2.78 bits per heavy atom. The Balaban J connectivity index is 1.85. The van der Waals surface area contributed by atoms with Crippen molar-refractivity contribution in [3.8, 4) is 6.07 Å². The number of H-pyrrole nitrogens is 1. The van der Waals surface area contributed by atoms with Crippen LogP contribution in [0.2, 0.25) is 0 Å². The number of benzene rings is 1. The molecule has 1 aliphatic heterocycles. The van der Waals surface area contributed by atoms with E-state index in [9.17, 15) is 14.9 Å². The summed E-state index contributed by atoms with van der Waals surface area (Å²) in [6, 6.07) is 6.10. The minimum Gasteiger partial charge on any atom is -0.325 e. The molecule has 1 aromatic carbocycles. The minimum atomic E-state index is -0.367. The van der Waals surface area contributed by atoms with Gasteiger partial charge in [0.05, 0.1) is 0 Å². The van der Waals surface area contributed by atoms with Crippen LogP contribution in [0.4, 0.5) is 5.69 Å². The first-order valence-electron chi connectivity index (χ1n) is 9.05. The van der Waals surface area contributed by atoms with Gasteiger partial charge in [-0.05, 0) is 74.4 Å². The molecule has 0 radical (unpaired) electrons. The first kappa shape index (κ1) is 19.4. The van der Waals surface area contributed by atoms with Crippen molar-refractivity contribution >= 4 is 27.5 Å². The standard InChI is InChI=1S/C21H22BrN3O2/c1-12-9-16(22)10-15-5-4-8-25(20(12)15)19(26)7-6-17-13(2)18(11-23)21(27)24-14(17)3/h9-10H,4-8H2,1-3H3,(H,24,27). The number of rotatable bonds is 3. The van der Waals surface area contributed by atoms with Crippen molar-refractivity contribution < 1.29 is 4.79 Å². The number of nitrogens with one attached hydrogen (secondary N) is 1. The van der Waals surface area contributed by atoms with Gasteiger partial charge in [-0.1, -0.05) is 15.9 Å². The second-order valence-electron chi connectivity index (χ2n) is 7.05. The second-order valence-corrected chi connectivity index (χ2v) is 7.96. The van der Waals surface area contributed by atoms with Gasteiger partial charge >= 0.3 is 0 Å². The molecule has 3 rings (SSSR count). The summed E-state index contributed by atoms with van der Waals surface area (Å²) in [6.07, 6.45) is 2.77. The Labute approximate surface area is 167 Å². The minimum absolute atomic E-state index is 0.0740. The van der Waals surface area contributed by atoms with Gasteiger partial charge in [0.1, 0.15) is 11.6 Å². The molecule has 6 heteroatoms. The Morgan fingerprint density at radius 2 is 2.07 bits per heavy atom. The molecule has 0 atom stereocenters. The topological polar surface area (TPSA) is 77.0 Å². The molecule has 1 N–H and O–H groups in total. The molecule has 0 saturated heterocycles. The molecule has 0 aliphatic carbocycles. The number of aromatic amines is 1. The quantitative estimate of drug-likeness (QED) is 0.807. The Bertz CT molecular complexity index is 1020. The first-order valence-corrected chi connectivity index (χ1v) is 9.84. The van der Waals surface area contributed by atoms with Gasteiger partial charge in [0, 0.05) is 28.8 Å². The third-order valence-corrected chi connectivity index (χ3v) is 5.71. The highest BCUT2D eigenvalue weighted by atomic mass is 79.9. The van der Waals surface area contributed by atoms with E-state index in [1.165, 1.54) is 5.56 Å². The van der Waals surface area contributed by atoms with E-state index in [0.29, 0.717) is 18.4 Å². The Morgan fingerprint density at radius 1 is 1.33 bits per heavy atom. The number of hydrogen-bond donors (Lipinski definition) is 1. The number of nitrogens with zero attached hydrogens (tertiary/aromatic N) is 2. The summed E-state index contributed by atoms with van der Waals surface area (Å²) in [5.74, 6) is 0.0740. The largest absolute Gasteiger partial charge is 0.325 e. The number of amides is 1. The van der Waals surface area contributed by atoms with Crippen LogP contribution in [-0.2, 0) is 17.6 Å². The van der Waals surface area contributed by atoms with Gasteiger partial charge in [0.25, 0.3) is 5.56 Å². The molecule has 1 amide bonds. The van der Waals surface area contributed by atoms with E-state index >= 15 is 0 Å². The number of carbonyl (C=O) groups is 1. The summed E-state index contributed by atoms with van der Waals surface area (Å²) in [5, 5.41) is 9.21. The summed E-state index contributed by atoms with van der Waals surface area (Å²) in [4.78, 5) is 29.5. The number of halogens is 1. The van der Waals surface area contributed by atoms with Crippen molar-refractivity contribution in [3.05, 3.63) is 60.5 Å². The number of nitriles is 1. The maximum Gasteiger partial charge on any atom is 0.266 e. The van der Waals surface area contributed by atoms with Crippen LogP contribution in [0, 0.1) is 32.1 Å². The molecule has 0 saturated carbocycles. The fraction of sp³-hybridized carbons (Fsp3) is 0.381. The lowest BCUT2D eigenvalue weighted by molar-refractivity contribution is -0.118. The highest BCUT2D eigenvalue weighted by Crippen LogP contribution is 2.34. The van der Waals surface area contributed by atoms with E-state index in [0.717, 1.165) is 46.4 Å². The molecule has 5 nitrogen and oxygen atoms in total. The second kappa shape index (κ2) is 7.69. The molecular formula is C21H22BrN3O2. The molecular weight excluding hydrogens is 406 g/mol. The SMILES string of the molecule is Cc1cc(Br)cc2c1N(C(=O)CCc1c(C)[nH]c(=O)c(C#N)c1C)CCC2. The smallest absolute Gasteiger partial charge is 0.266 e. The Kier molecular flexibility index (Phi) is 5.52. The molecule has 1 aromatic heterocycles. The number of aromatic nitrogens is 1. The lowest BCUT2D eigenvalue weighted by atomic mass is 9.96. The maximum atomic E-state index is 13.0. The summed E-state index contributed by atoms with van der Waals surface area (Å²) in [7, 11) is 0. The third kappa shape index (κ3) is 3.70. The number of pyridine rings is 1. The van der Waals surface area contributed by atoms with Crippen LogP contribution >= 0.6 is 15.9 Å². The molecule has 0 unspecified atom stereocenters. The molecule has 27 heavy (non-hydrogen) atoms. The van der Waals surface area contributed by atoms with E-state index in [4.69, 9.17) is 0 Å². The number of aryl methyl sites for hydroxylation is 3. The van der Waals surface area contributed by atoms with Crippen LogP contribution in [0.15, 0.2) is 21.4 Å². The zero-order valence-corrected chi connectivity index (χ0v) is 17.4. The van der Waals surface area contributed by atoms with E-state index in [-0.39, 0.29) is 17.0 Å². The Hall–Kier alpha value is -2.39. The summed E-state index contributed by atoms with van der Waals surface area (Å²) in [5.41, 5.74) is 5.36. The van der Waals surface area contributed by atoms with Gasteiger partial charge in [0.15, 0.2) is 0 Å². The van der Waals surface area contributed by atoms with Crippen LogP contribution in [0.5, 0.6) is 0 Å². The number of fused-ring (bicyclic) bond motifs is 1. The van der Waals surface area contributed by atoms with E-state index < -0.39 is 0 Å². The first-order chi connectivity index (χ1) is 12.8. The van der Waals surface area contributed by atoms with Crippen LogP contribution in [0.3, 0.4) is 0 Å². The number of anilines is 1. The van der Waals surface area contributed by atoms with E-state index in [1.807, 2.05) is 30.9 Å². The van der Waals surface area contributed by atoms with Gasteiger partial charge in [-0.3, -0.25) is 9.59 Å². The summed E-state index contributed by atoms with van der Waals surface area (Å²) >= 11 is 3.54. The van der Waals surface area contributed by atoms with Crippen molar-refractivity contribution in [1.29, 1.82) is 5.26 Å². The highest BCUT2D eigenvalue weighted by Gasteiger charge is 2.25. The fourth-order valence-electron chi connectivity index (χ4n) is 3.96. The van der Waals surface area contributed by atoms with Gasteiger partial charge in [0.2, 0.25) is 5.91 Å². The number of carbonyl (C=O) groups excluding carboxylic acids is 1. The molecule has 140 valence electrons. The van der Waals surface area contributed by atoms with Crippen LogP contribution in [0.1, 0.15) is 46.4 Å². The molecule has 0 bridgehead atoms. The van der Waals surface area contributed by atoms with Gasteiger partial charge in [-0.25, -0.2) is 0 Å². The zero-order chi connectivity index (χ0) is 19.7. The average Bonchev–Trinajstić information content (AvgIpc) is 2.60. The molecule has 0 spiro atoms. The maximum absolute atomic E-state index is 13.0. The lowest BCUT2D eigenvalue weighted by Crippen LogP contribution is -2.36. The van der Waals surface area contributed by atoms with Gasteiger partial charge in [-0.2, -0.15) is 5.26 Å². The summed E-state index contributed by atoms with van der Waals surface area (Å²) in [6.45, 7) is 6.34. The van der Waals surface area contributed by atoms with Crippen LogP contribution in [0.25, 0.3) is 0 Å². The zero-order valence-electron chi connectivity index (χ0n) is 15.8. The number of hydrogen-bond acceptors (Lipinski definition) is 3. The van der Waals surface area contributed by atoms with Crippen molar-refractivity contribution in [2.24, 2.45) is 0 Å². The van der Waals surface area contributed by atoms with Crippen molar-refractivity contribution in [3.63, 3.8) is 0 Å². The lowest BCUT2D eigenvalue weighted by Gasteiger charge is -2.31.